The van der Waals surface area contributed by atoms with Crippen molar-refractivity contribution >= 4 is 17.2 Å². The zero-order valence-electron chi connectivity index (χ0n) is 21.4. The number of allylic oxidation sites excluding steroid dienone is 1. The fourth-order valence-electron chi connectivity index (χ4n) is 4.49. The van der Waals surface area contributed by atoms with Crippen molar-refractivity contribution in [3.63, 3.8) is 0 Å². The van der Waals surface area contributed by atoms with Gasteiger partial charge in [0.05, 0.1) is 6.04 Å². The minimum Gasteiger partial charge on any atom is -0.482 e. The van der Waals surface area contributed by atoms with Crippen LogP contribution in [0.5, 0.6) is 5.75 Å². The number of ether oxygens (including phenoxy) is 1. The van der Waals surface area contributed by atoms with Crippen LogP contribution in [0.25, 0.3) is 5.70 Å². The number of nitrogens with one attached hydrogen (secondary N) is 4. The Bertz CT molecular complexity index is 1140. The molecular formula is C27H37FN6O. The number of anilines is 1. The summed E-state index contributed by atoms with van der Waals surface area (Å²) in [4.78, 5) is 4.39. The Morgan fingerprint density at radius 2 is 2.03 bits per heavy atom. The quantitative estimate of drug-likeness (QED) is 0.383. The van der Waals surface area contributed by atoms with Gasteiger partial charge in [-0.3, -0.25) is 0 Å². The minimum atomic E-state index is -0.480. The highest BCUT2D eigenvalue weighted by Gasteiger charge is 2.27. The van der Waals surface area contributed by atoms with E-state index in [1.54, 1.807) is 12.3 Å². The van der Waals surface area contributed by atoms with E-state index in [4.69, 9.17) is 15.9 Å². The number of halogens is 1. The van der Waals surface area contributed by atoms with Gasteiger partial charge in [0.15, 0.2) is 11.6 Å². The molecular weight excluding hydrogens is 443 g/mol. The van der Waals surface area contributed by atoms with Gasteiger partial charge in [-0.1, -0.05) is 19.9 Å². The van der Waals surface area contributed by atoms with Gasteiger partial charge in [0.1, 0.15) is 11.9 Å². The Balaban J connectivity index is 2.39. The van der Waals surface area contributed by atoms with Gasteiger partial charge < -0.3 is 31.8 Å². The molecule has 2 atom stereocenters. The SMILES string of the molecule is CCN/C1=C(\C(=N)C(C)C)C/C(=C/NC)C(NC)c2ccc(F)cc2[C@@H](C)Oc2cc1cnc2N. The molecule has 6 N–H and O–H groups in total. The number of nitrogens with two attached hydrogens (primary N) is 1. The van der Waals surface area contributed by atoms with Crippen molar-refractivity contribution in [3.8, 4) is 5.75 Å². The molecule has 1 aliphatic heterocycles. The van der Waals surface area contributed by atoms with Gasteiger partial charge in [-0.05, 0) is 62.3 Å². The summed E-state index contributed by atoms with van der Waals surface area (Å²) in [7, 11) is 3.73. The highest BCUT2D eigenvalue weighted by Crippen LogP contribution is 2.38. The number of rotatable bonds is 6. The maximum absolute atomic E-state index is 14.4. The molecule has 3 rings (SSSR count). The lowest BCUT2D eigenvalue weighted by Gasteiger charge is -2.29. The van der Waals surface area contributed by atoms with Gasteiger partial charge in [-0.15, -0.1) is 0 Å². The Morgan fingerprint density at radius 1 is 1.29 bits per heavy atom. The first-order valence-corrected chi connectivity index (χ1v) is 12.0. The molecule has 0 saturated heterocycles. The highest BCUT2D eigenvalue weighted by atomic mass is 19.1. The molecule has 0 aliphatic carbocycles. The third kappa shape index (κ3) is 5.65. The molecule has 2 heterocycles. The molecule has 7 nitrogen and oxygen atoms in total. The lowest BCUT2D eigenvalue weighted by atomic mass is 9.85. The van der Waals surface area contributed by atoms with Crippen LogP contribution >= 0.6 is 0 Å². The molecule has 1 unspecified atom stereocenters. The van der Waals surface area contributed by atoms with Crippen LogP contribution in [0, 0.1) is 17.1 Å². The summed E-state index contributed by atoms with van der Waals surface area (Å²) in [6.07, 6.45) is 3.67. The number of hydrogen-bond donors (Lipinski definition) is 5. The average Bonchev–Trinajstić information content (AvgIpc) is 2.82. The second-order valence-electron chi connectivity index (χ2n) is 9.00. The van der Waals surface area contributed by atoms with E-state index in [9.17, 15) is 4.39 Å². The zero-order chi connectivity index (χ0) is 25.7. The summed E-state index contributed by atoms with van der Waals surface area (Å²) < 4.78 is 20.7. The smallest absolute Gasteiger partial charge is 0.166 e. The van der Waals surface area contributed by atoms with Crippen LogP contribution in [0.3, 0.4) is 0 Å². The topological polar surface area (TPSA) is 108 Å². The van der Waals surface area contributed by atoms with Gasteiger partial charge in [0.25, 0.3) is 0 Å². The van der Waals surface area contributed by atoms with Crippen molar-refractivity contribution in [3.05, 3.63) is 70.3 Å². The molecule has 1 aromatic carbocycles. The van der Waals surface area contributed by atoms with E-state index < -0.39 is 6.10 Å². The normalized spacial score (nSPS) is 21.5. The van der Waals surface area contributed by atoms with Crippen LogP contribution in [-0.2, 0) is 0 Å². The summed E-state index contributed by atoms with van der Waals surface area (Å²) >= 11 is 0. The van der Waals surface area contributed by atoms with Crippen LogP contribution in [0.4, 0.5) is 10.2 Å². The van der Waals surface area contributed by atoms with E-state index in [1.165, 1.54) is 12.1 Å². The van der Waals surface area contributed by atoms with E-state index in [0.29, 0.717) is 30.0 Å². The second kappa shape index (κ2) is 11.4. The first-order valence-electron chi connectivity index (χ1n) is 12.0. The van der Waals surface area contributed by atoms with Crippen LogP contribution in [0.1, 0.15) is 63.0 Å². The molecule has 2 bridgehead atoms. The number of benzene rings is 1. The molecule has 188 valence electrons. The van der Waals surface area contributed by atoms with Gasteiger partial charge in [-0.2, -0.15) is 0 Å². The van der Waals surface area contributed by atoms with Crippen molar-refractivity contribution in [1.82, 2.24) is 20.9 Å². The summed E-state index contributed by atoms with van der Waals surface area (Å²) in [6, 6.07) is 6.38. The lowest BCUT2D eigenvalue weighted by molar-refractivity contribution is 0.225. The van der Waals surface area contributed by atoms with E-state index >= 15 is 0 Å². The Morgan fingerprint density at radius 3 is 2.66 bits per heavy atom. The molecule has 0 spiro atoms. The fourth-order valence-corrected chi connectivity index (χ4v) is 4.49. The third-order valence-corrected chi connectivity index (χ3v) is 6.20. The highest BCUT2D eigenvalue weighted by molar-refractivity contribution is 6.05. The number of fused-ring (bicyclic) bond motifs is 3. The Labute approximate surface area is 207 Å². The predicted octanol–water partition coefficient (Wildman–Crippen LogP) is 4.71. The van der Waals surface area contributed by atoms with Crippen molar-refractivity contribution in [2.75, 3.05) is 26.4 Å². The van der Waals surface area contributed by atoms with Crippen LogP contribution < -0.4 is 26.4 Å². The molecule has 0 saturated carbocycles. The predicted molar refractivity (Wildman–Crippen MR) is 141 cm³/mol. The summed E-state index contributed by atoms with van der Waals surface area (Å²) in [5.41, 5.74) is 11.8. The number of nitrogen functional groups attached to an aromatic ring is 1. The maximum atomic E-state index is 14.4. The molecule has 0 amide bonds. The van der Waals surface area contributed by atoms with Gasteiger partial charge in [0.2, 0.25) is 0 Å². The molecule has 0 radical (unpaired) electrons. The largest absolute Gasteiger partial charge is 0.482 e. The van der Waals surface area contributed by atoms with E-state index in [0.717, 1.165) is 28.0 Å². The van der Waals surface area contributed by atoms with Crippen LogP contribution in [0.15, 0.2) is 47.8 Å². The van der Waals surface area contributed by atoms with Crippen molar-refractivity contribution < 1.29 is 9.13 Å². The van der Waals surface area contributed by atoms with E-state index in [1.807, 2.05) is 54.1 Å². The Kier molecular flexibility index (Phi) is 8.51. The molecule has 2 aromatic rings. The molecule has 0 fully saturated rings. The van der Waals surface area contributed by atoms with Gasteiger partial charge >= 0.3 is 0 Å². The van der Waals surface area contributed by atoms with Gasteiger partial charge in [-0.25, -0.2) is 9.37 Å². The number of aromatic nitrogens is 1. The number of nitrogens with zero attached hydrogens (tertiary/aromatic N) is 1. The van der Waals surface area contributed by atoms with E-state index in [-0.39, 0.29) is 23.6 Å². The molecule has 8 heteroatoms. The maximum Gasteiger partial charge on any atom is 0.166 e. The van der Waals surface area contributed by atoms with E-state index in [2.05, 4.69) is 20.9 Å². The number of pyridine rings is 1. The summed E-state index contributed by atoms with van der Waals surface area (Å²) in [5, 5.41) is 19.0. The zero-order valence-corrected chi connectivity index (χ0v) is 21.4. The second-order valence-corrected chi connectivity index (χ2v) is 9.00. The first-order chi connectivity index (χ1) is 16.7. The first kappa shape index (κ1) is 26.2. The fraction of sp³-hybridized carbons (Fsp3) is 0.407. The van der Waals surface area contributed by atoms with Crippen LogP contribution in [-0.4, -0.2) is 31.3 Å². The molecule has 35 heavy (non-hydrogen) atoms. The molecule has 1 aromatic heterocycles. The minimum absolute atomic E-state index is 0.00861. The summed E-state index contributed by atoms with van der Waals surface area (Å²) in [6.45, 7) is 8.60. The monoisotopic (exact) mass is 480 g/mol. The van der Waals surface area contributed by atoms with Gasteiger partial charge in [0, 0.05) is 54.3 Å². The van der Waals surface area contributed by atoms with Crippen molar-refractivity contribution in [2.24, 2.45) is 5.92 Å². The number of hydrogen-bond acceptors (Lipinski definition) is 7. The molecule has 1 aliphatic rings. The van der Waals surface area contributed by atoms with Crippen molar-refractivity contribution in [1.29, 1.82) is 5.41 Å². The third-order valence-electron chi connectivity index (χ3n) is 6.20. The van der Waals surface area contributed by atoms with Crippen molar-refractivity contribution in [2.45, 2.75) is 46.3 Å². The van der Waals surface area contributed by atoms with Crippen LogP contribution in [0.2, 0.25) is 0 Å². The average molecular weight is 481 g/mol. The number of likely N-dealkylation sites (N-methyl/N-ethyl adjacent to an activating group) is 1. The summed E-state index contributed by atoms with van der Waals surface area (Å²) in [5.74, 6) is 0.350. The lowest BCUT2D eigenvalue weighted by Crippen LogP contribution is -2.26. The standard InChI is InChI=1S/C27H37FN6O/c1-7-33-26-18-11-23(27(30)34-14-18)35-16(4)21-12-19(28)8-9-20(21)25(32-6)17(13-31-5)10-22(26)24(29)15(2)3/h8-9,11-16,25,29,31-33H,7,10H2,1-6H3,(H2,30,34)/b17-13-,26-22-,29-24?/t16-,25?/m1/s1. The Hall–Kier alpha value is -3.39.